The Labute approximate surface area is 180 Å². The Hall–Kier alpha value is -2.38. The van der Waals surface area contributed by atoms with Crippen molar-refractivity contribution in [3.8, 4) is 5.75 Å². The van der Waals surface area contributed by atoms with E-state index in [1.54, 1.807) is 19.1 Å². The van der Waals surface area contributed by atoms with Crippen LogP contribution in [0.4, 0.5) is 0 Å². The lowest BCUT2D eigenvalue weighted by Crippen LogP contribution is -2.50. The molecule has 0 bridgehead atoms. The van der Waals surface area contributed by atoms with Crippen molar-refractivity contribution in [3.05, 3.63) is 59.7 Å². The molecule has 7 heteroatoms. The highest BCUT2D eigenvalue weighted by molar-refractivity contribution is 7.89. The van der Waals surface area contributed by atoms with Crippen LogP contribution in [0.25, 0.3) is 0 Å². The van der Waals surface area contributed by atoms with Crippen molar-refractivity contribution in [2.75, 3.05) is 6.61 Å². The molecular formula is C23H32N2O4S. The van der Waals surface area contributed by atoms with E-state index in [-0.39, 0.29) is 23.3 Å². The van der Waals surface area contributed by atoms with Gasteiger partial charge in [0.2, 0.25) is 15.9 Å². The Balaban J connectivity index is 2.26. The SMILES string of the molecule is CCC[C@H](C)NC(=O)[C@H](Cc1ccccc1)NS(=O)(=O)c1ccc(OCC)c(C)c1. The van der Waals surface area contributed by atoms with E-state index in [0.29, 0.717) is 12.4 Å². The smallest absolute Gasteiger partial charge is 0.241 e. The van der Waals surface area contributed by atoms with Gasteiger partial charge in [-0.1, -0.05) is 43.7 Å². The minimum absolute atomic E-state index is 0.0296. The molecule has 0 aliphatic rings. The molecule has 0 unspecified atom stereocenters. The second-order valence-electron chi connectivity index (χ2n) is 7.42. The molecule has 0 radical (unpaired) electrons. The molecule has 2 aromatic carbocycles. The number of aryl methyl sites for hydroxylation is 1. The zero-order valence-electron chi connectivity index (χ0n) is 18.1. The van der Waals surface area contributed by atoms with Crippen LogP contribution in [-0.2, 0) is 21.2 Å². The van der Waals surface area contributed by atoms with E-state index in [9.17, 15) is 13.2 Å². The highest BCUT2D eigenvalue weighted by atomic mass is 32.2. The minimum atomic E-state index is -3.89. The van der Waals surface area contributed by atoms with Crippen LogP contribution in [0.15, 0.2) is 53.4 Å². The van der Waals surface area contributed by atoms with Gasteiger partial charge >= 0.3 is 0 Å². The van der Waals surface area contributed by atoms with Crippen LogP contribution >= 0.6 is 0 Å². The lowest BCUT2D eigenvalue weighted by molar-refractivity contribution is -0.123. The fourth-order valence-electron chi connectivity index (χ4n) is 3.25. The summed E-state index contributed by atoms with van der Waals surface area (Å²) in [5.74, 6) is 0.314. The first-order chi connectivity index (χ1) is 14.3. The van der Waals surface area contributed by atoms with Crippen LogP contribution < -0.4 is 14.8 Å². The van der Waals surface area contributed by atoms with Crippen molar-refractivity contribution >= 4 is 15.9 Å². The highest BCUT2D eigenvalue weighted by Gasteiger charge is 2.27. The van der Waals surface area contributed by atoms with Crippen LogP contribution in [-0.4, -0.2) is 33.0 Å². The first-order valence-electron chi connectivity index (χ1n) is 10.4. The highest BCUT2D eigenvalue weighted by Crippen LogP contribution is 2.22. The molecule has 0 saturated carbocycles. The van der Waals surface area contributed by atoms with Gasteiger partial charge in [-0.2, -0.15) is 4.72 Å². The molecule has 0 saturated heterocycles. The molecule has 2 atom stereocenters. The van der Waals surface area contributed by atoms with Gasteiger partial charge in [0.05, 0.1) is 11.5 Å². The average Bonchev–Trinajstić information content (AvgIpc) is 2.70. The van der Waals surface area contributed by atoms with Crippen LogP contribution in [0.2, 0.25) is 0 Å². The number of nitrogens with one attached hydrogen (secondary N) is 2. The van der Waals surface area contributed by atoms with Gasteiger partial charge in [-0.3, -0.25) is 4.79 Å². The third-order valence-corrected chi connectivity index (χ3v) is 6.23. The fourth-order valence-corrected chi connectivity index (χ4v) is 4.53. The van der Waals surface area contributed by atoms with Crippen LogP contribution in [0.3, 0.4) is 0 Å². The van der Waals surface area contributed by atoms with E-state index < -0.39 is 16.1 Å². The van der Waals surface area contributed by atoms with Crippen molar-refractivity contribution < 1.29 is 17.9 Å². The monoisotopic (exact) mass is 432 g/mol. The molecule has 30 heavy (non-hydrogen) atoms. The number of sulfonamides is 1. The van der Waals surface area contributed by atoms with Gasteiger partial charge < -0.3 is 10.1 Å². The Kier molecular flexibility index (Phi) is 8.87. The predicted octanol–water partition coefficient (Wildman–Crippen LogP) is 3.59. The topological polar surface area (TPSA) is 84.5 Å². The van der Waals surface area contributed by atoms with Crippen molar-refractivity contribution in [1.29, 1.82) is 0 Å². The van der Waals surface area contributed by atoms with E-state index in [0.717, 1.165) is 24.0 Å². The summed E-state index contributed by atoms with van der Waals surface area (Å²) < 4.78 is 34.2. The zero-order valence-corrected chi connectivity index (χ0v) is 19.0. The van der Waals surface area contributed by atoms with Gasteiger partial charge in [-0.05, 0) is 62.9 Å². The fraction of sp³-hybridized carbons (Fsp3) is 0.435. The number of ether oxygens (including phenoxy) is 1. The zero-order chi connectivity index (χ0) is 22.1. The van der Waals surface area contributed by atoms with E-state index in [1.807, 2.05) is 51.1 Å². The van der Waals surface area contributed by atoms with Gasteiger partial charge in [0.25, 0.3) is 0 Å². The maximum absolute atomic E-state index is 13.0. The van der Waals surface area contributed by atoms with E-state index in [1.165, 1.54) is 6.07 Å². The summed E-state index contributed by atoms with van der Waals surface area (Å²) in [7, 11) is -3.89. The molecule has 2 N–H and O–H groups in total. The maximum Gasteiger partial charge on any atom is 0.241 e. The summed E-state index contributed by atoms with van der Waals surface area (Å²) >= 11 is 0. The third kappa shape index (κ3) is 6.85. The number of hydrogen-bond donors (Lipinski definition) is 2. The number of carbonyl (C=O) groups excluding carboxylic acids is 1. The molecule has 164 valence electrons. The molecule has 0 aliphatic carbocycles. The first kappa shape index (κ1) is 23.9. The molecule has 0 fully saturated rings. The van der Waals surface area contributed by atoms with Gasteiger partial charge in [-0.15, -0.1) is 0 Å². The minimum Gasteiger partial charge on any atom is -0.494 e. The van der Waals surface area contributed by atoms with Crippen molar-refractivity contribution in [2.24, 2.45) is 0 Å². The maximum atomic E-state index is 13.0. The summed E-state index contributed by atoms with van der Waals surface area (Å²) in [6.45, 7) is 8.13. The van der Waals surface area contributed by atoms with Gasteiger partial charge in [0.15, 0.2) is 0 Å². The number of rotatable bonds is 11. The van der Waals surface area contributed by atoms with Crippen LogP contribution in [0, 0.1) is 6.92 Å². The van der Waals surface area contributed by atoms with Crippen molar-refractivity contribution in [3.63, 3.8) is 0 Å². The number of hydrogen-bond acceptors (Lipinski definition) is 4. The molecule has 1 amide bonds. The Morgan fingerprint density at radius 1 is 1.10 bits per heavy atom. The van der Waals surface area contributed by atoms with Gasteiger partial charge in [-0.25, -0.2) is 8.42 Å². The van der Waals surface area contributed by atoms with Crippen LogP contribution in [0.1, 0.15) is 44.7 Å². The van der Waals surface area contributed by atoms with E-state index >= 15 is 0 Å². The lowest BCUT2D eigenvalue weighted by Gasteiger charge is -2.21. The lowest BCUT2D eigenvalue weighted by atomic mass is 10.1. The Morgan fingerprint density at radius 2 is 1.80 bits per heavy atom. The van der Waals surface area contributed by atoms with E-state index in [4.69, 9.17) is 4.74 Å². The first-order valence-corrected chi connectivity index (χ1v) is 11.8. The molecule has 6 nitrogen and oxygen atoms in total. The summed E-state index contributed by atoms with van der Waals surface area (Å²) in [5, 5.41) is 2.93. The molecule has 2 aromatic rings. The Morgan fingerprint density at radius 3 is 2.40 bits per heavy atom. The van der Waals surface area contributed by atoms with E-state index in [2.05, 4.69) is 10.0 Å². The molecule has 2 rings (SSSR count). The second-order valence-corrected chi connectivity index (χ2v) is 9.14. The average molecular weight is 433 g/mol. The third-order valence-electron chi connectivity index (χ3n) is 4.76. The van der Waals surface area contributed by atoms with Crippen LogP contribution in [0.5, 0.6) is 5.75 Å². The molecule has 0 spiro atoms. The normalized spacial score (nSPS) is 13.5. The van der Waals surface area contributed by atoms with Crippen molar-refractivity contribution in [1.82, 2.24) is 10.0 Å². The second kappa shape index (κ2) is 11.1. The molecule has 0 heterocycles. The summed E-state index contributed by atoms with van der Waals surface area (Å²) in [4.78, 5) is 13.0. The predicted molar refractivity (Wildman–Crippen MR) is 119 cm³/mol. The number of amides is 1. The molecule has 0 aromatic heterocycles. The molecule has 0 aliphatic heterocycles. The van der Waals surface area contributed by atoms with Crippen molar-refractivity contribution in [2.45, 2.75) is 63.9 Å². The Bertz CT molecular complexity index is 929. The van der Waals surface area contributed by atoms with Gasteiger partial charge in [0.1, 0.15) is 11.8 Å². The summed E-state index contributed by atoms with van der Waals surface area (Å²) in [6, 6.07) is 13.1. The largest absolute Gasteiger partial charge is 0.494 e. The standard InChI is InChI=1S/C23H32N2O4S/c1-5-10-18(4)24-23(26)21(16-19-11-8-7-9-12-19)25-30(27,28)20-13-14-22(29-6-2)17(3)15-20/h7-9,11-15,18,21,25H,5-6,10,16H2,1-4H3,(H,24,26)/t18-,21-/m0/s1. The van der Waals surface area contributed by atoms with Gasteiger partial charge in [0, 0.05) is 6.04 Å². The summed E-state index contributed by atoms with van der Waals surface area (Å²) in [5.41, 5.74) is 1.60. The number of benzene rings is 2. The quantitative estimate of drug-likeness (QED) is 0.568. The summed E-state index contributed by atoms with van der Waals surface area (Å²) in [6.07, 6.45) is 2.03. The molecular weight excluding hydrogens is 400 g/mol. The number of carbonyl (C=O) groups is 1.